The second-order valence-electron chi connectivity index (χ2n) is 9.30. The van der Waals surface area contributed by atoms with Crippen LogP contribution in [0.5, 0.6) is 5.75 Å². The molecule has 38 heavy (non-hydrogen) atoms. The van der Waals surface area contributed by atoms with E-state index in [1.54, 1.807) is 23.9 Å². The second-order valence-corrected chi connectivity index (χ2v) is 9.30. The molecule has 3 heterocycles. The van der Waals surface area contributed by atoms with Gasteiger partial charge in [-0.15, -0.1) is 0 Å². The molecule has 0 aliphatic carbocycles. The molecular formula is C30H29N5O3. The number of methoxy groups -OCH3 is 1. The lowest BCUT2D eigenvalue weighted by Gasteiger charge is -2.17. The first kappa shape index (κ1) is 25.0. The number of aromatic nitrogens is 3. The van der Waals surface area contributed by atoms with E-state index in [4.69, 9.17) is 15.1 Å². The molecule has 0 saturated carbocycles. The smallest absolute Gasteiger partial charge is 0.267 e. The van der Waals surface area contributed by atoms with Crippen molar-refractivity contribution in [3.8, 4) is 5.75 Å². The minimum atomic E-state index is -0.416. The van der Waals surface area contributed by atoms with Crippen molar-refractivity contribution in [2.24, 2.45) is 0 Å². The summed E-state index contributed by atoms with van der Waals surface area (Å²) in [6.45, 7) is 4.15. The maximum absolute atomic E-state index is 13.6. The number of carbonyl (C=O) groups is 1. The van der Waals surface area contributed by atoms with Crippen LogP contribution in [0.25, 0.3) is 16.7 Å². The van der Waals surface area contributed by atoms with Gasteiger partial charge < -0.3 is 14.6 Å². The van der Waals surface area contributed by atoms with Crippen LogP contribution >= 0.6 is 0 Å². The number of rotatable bonds is 7. The Morgan fingerprint density at radius 3 is 2.50 bits per heavy atom. The number of aryl methyl sites for hydroxylation is 3. The van der Waals surface area contributed by atoms with E-state index in [1.807, 2.05) is 74.5 Å². The van der Waals surface area contributed by atoms with Gasteiger partial charge in [0.25, 0.3) is 11.5 Å². The van der Waals surface area contributed by atoms with Crippen LogP contribution in [0.3, 0.4) is 0 Å². The van der Waals surface area contributed by atoms with Crippen molar-refractivity contribution >= 4 is 22.6 Å². The van der Waals surface area contributed by atoms with Gasteiger partial charge in [0.15, 0.2) is 0 Å². The fourth-order valence-electron chi connectivity index (χ4n) is 4.62. The van der Waals surface area contributed by atoms with E-state index in [9.17, 15) is 9.59 Å². The van der Waals surface area contributed by atoms with Gasteiger partial charge in [0.2, 0.25) is 0 Å². The zero-order chi connectivity index (χ0) is 26.8. The van der Waals surface area contributed by atoms with Crippen LogP contribution in [0.4, 0.5) is 0 Å². The van der Waals surface area contributed by atoms with Gasteiger partial charge in [-0.2, -0.15) is 0 Å². The van der Waals surface area contributed by atoms with E-state index < -0.39 is 5.91 Å². The van der Waals surface area contributed by atoms with Crippen molar-refractivity contribution in [1.82, 2.24) is 19.3 Å². The lowest BCUT2D eigenvalue weighted by molar-refractivity contribution is 0.0937. The molecule has 0 aliphatic heterocycles. The zero-order valence-corrected chi connectivity index (χ0v) is 21.6. The molecule has 0 aliphatic rings. The number of benzene rings is 2. The lowest BCUT2D eigenvalue weighted by Crippen LogP contribution is -2.36. The van der Waals surface area contributed by atoms with E-state index in [2.05, 4.69) is 5.32 Å². The third kappa shape index (κ3) is 4.68. The minimum Gasteiger partial charge on any atom is -0.497 e. The fourth-order valence-corrected chi connectivity index (χ4v) is 4.62. The summed E-state index contributed by atoms with van der Waals surface area (Å²) in [6.07, 6.45) is 2.25. The summed E-state index contributed by atoms with van der Waals surface area (Å²) in [5.74, 6) is 0.344. The molecule has 0 saturated heterocycles. The average molecular weight is 508 g/mol. The highest BCUT2D eigenvalue weighted by molar-refractivity contribution is 5.97. The molecule has 0 bridgehead atoms. The topological polar surface area (TPSA) is 101 Å². The third-order valence-electron chi connectivity index (χ3n) is 6.81. The molecule has 192 valence electrons. The maximum Gasteiger partial charge on any atom is 0.267 e. The average Bonchev–Trinajstić information content (AvgIpc) is 2.94. The quantitative estimate of drug-likeness (QED) is 0.323. The van der Waals surface area contributed by atoms with Crippen LogP contribution in [-0.2, 0) is 13.0 Å². The van der Waals surface area contributed by atoms with E-state index in [0.29, 0.717) is 24.3 Å². The van der Waals surface area contributed by atoms with E-state index in [1.165, 1.54) is 10.5 Å². The Labute approximate surface area is 219 Å². The summed E-state index contributed by atoms with van der Waals surface area (Å²) < 4.78 is 8.40. The number of nitrogens with one attached hydrogen (secondary N) is 2. The Bertz CT molecular complexity index is 1760. The summed E-state index contributed by atoms with van der Waals surface area (Å²) in [5.41, 5.74) is 3.59. The molecule has 0 radical (unpaired) electrons. The van der Waals surface area contributed by atoms with Gasteiger partial charge in [0, 0.05) is 12.7 Å². The van der Waals surface area contributed by atoms with Crippen molar-refractivity contribution in [2.75, 3.05) is 7.11 Å². The van der Waals surface area contributed by atoms with Crippen molar-refractivity contribution in [3.05, 3.63) is 117 Å². The van der Waals surface area contributed by atoms with Gasteiger partial charge in [0.05, 0.1) is 24.1 Å². The summed E-state index contributed by atoms with van der Waals surface area (Å²) in [5, 5.41) is 12.3. The number of amides is 1. The largest absolute Gasteiger partial charge is 0.497 e. The minimum absolute atomic E-state index is 0.00797. The maximum atomic E-state index is 13.6. The Balaban J connectivity index is 1.63. The molecule has 1 unspecified atom stereocenters. The first-order chi connectivity index (χ1) is 18.4. The zero-order valence-electron chi connectivity index (χ0n) is 21.6. The number of hydrogen-bond donors (Lipinski definition) is 2. The molecule has 0 fully saturated rings. The molecule has 2 aromatic carbocycles. The molecule has 1 atom stereocenters. The van der Waals surface area contributed by atoms with E-state index >= 15 is 0 Å². The van der Waals surface area contributed by atoms with Gasteiger partial charge in [0.1, 0.15) is 22.5 Å². The number of ether oxygens (including phenoxy) is 1. The van der Waals surface area contributed by atoms with Gasteiger partial charge in [-0.25, -0.2) is 4.98 Å². The molecule has 2 N–H and O–H groups in total. The van der Waals surface area contributed by atoms with Gasteiger partial charge in [-0.1, -0.05) is 48.5 Å². The number of pyridine rings is 2. The predicted octanol–water partition coefficient (Wildman–Crippen LogP) is 4.18. The third-order valence-corrected chi connectivity index (χ3v) is 6.81. The number of carbonyl (C=O) groups excluding carboxylic acids is 1. The highest BCUT2D eigenvalue weighted by Crippen LogP contribution is 2.17. The molecule has 1 amide bonds. The van der Waals surface area contributed by atoms with Crippen LogP contribution in [0.1, 0.15) is 40.0 Å². The summed E-state index contributed by atoms with van der Waals surface area (Å²) >= 11 is 0. The van der Waals surface area contributed by atoms with Crippen LogP contribution in [-0.4, -0.2) is 27.0 Å². The van der Waals surface area contributed by atoms with Crippen LogP contribution in [0.15, 0.2) is 83.8 Å². The number of nitrogens with zero attached hydrogens (tertiary/aromatic N) is 3. The van der Waals surface area contributed by atoms with E-state index in [-0.39, 0.29) is 28.0 Å². The van der Waals surface area contributed by atoms with Crippen LogP contribution in [0.2, 0.25) is 0 Å². The number of hydrogen-bond acceptors (Lipinski definition) is 5. The first-order valence-corrected chi connectivity index (χ1v) is 12.5. The lowest BCUT2D eigenvalue weighted by atomic mass is 10.1. The fraction of sp³-hybridized carbons (Fsp3) is 0.200. The Kier molecular flexibility index (Phi) is 6.79. The van der Waals surface area contributed by atoms with Crippen LogP contribution in [0, 0.1) is 12.3 Å². The predicted molar refractivity (Wildman–Crippen MR) is 147 cm³/mol. The molecule has 3 aromatic heterocycles. The molecule has 5 aromatic rings. The molecular weight excluding hydrogens is 478 g/mol. The second kappa shape index (κ2) is 10.3. The van der Waals surface area contributed by atoms with Crippen LogP contribution < -0.4 is 21.1 Å². The Hall–Kier alpha value is -4.72. The summed E-state index contributed by atoms with van der Waals surface area (Å²) in [7, 11) is 1.62. The Morgan fingerprint density at radius 2 is 1.79 bits per heavy atom. The van der Waals surface area contributed by atoms with Crippen molar-refractivity contribution in [2.45, 2.75) is 32.9 Å². The van der Waals surface area contributed by atoms with Gasteiger partial charge in [-0.05, 0) is 61.2 Å². The van der Waals surface area contributed by atoms with Gasteiger partial charge >= 0.3 is 0 Å². The summed E-state index contributed by atoms with van der Waals surface area (Å²) in [4.78, 5) is 31.8. The monoisotopic (exact) mass is 507 g/mol. The van der Waals surface area contributed by atoms with E-state index in [0.717, 1.165) is 22.4 Å². The van der Waals surface area contributed by atoms with Crippen molar-refractivity contribution in [3.63, 3.8) is 0 Å². The molecule has 0 spiro atoms. The first-order valence-electron chi connectivity index (χ1n) is 12.5. The standard InChI is InChI=1S/C30H29N5O3/c1-19-8-7-16-35-27(19)33-28-25(30(35)37)18-24(29(36)32-20(2)22-9-5-4-6-10-22)26(31)34(28)17-15-21-11-13-23(38-3)14-12-21/h4-14,16,18,20,31H,15,17H2,1-3H3,(H,32,36). The SMILES string of the molecule is COc1ccc(CCn2c(=N)c(C(=O)NC(C)c3ccccc3)cc3c(=O)n4cccc(C)c4nc32)cc1. The highest BCUT2D eigenvalue weighted by Gasteiger charge is 2.19. The van der Waals surface area contributed by atoms with Gasteiger partial charge in [-0.3, -0.25) is 19.4 Å². The number of fused-ring (bicyclic) bond motifs is 2. The molecule has 8 heteroatoms. The Morgan fingerprint density at radius 1 is 1.05 bits per heavy atom. The normalized spacial score (nSPS) is 12.0. The highest BCUT2D eigenvalue weighted by atomic mass is 16.5. The molecule has 5 rings (SSSR count). The van der Waals surface area contributed by atoms with Crippen molar-refractivity contribution < 1.29 is 9.53 Å². The van der Waals surface area contributed by atoms with Crippen molar-refractivity contribution in [1.29, 1.82) is 5.41 Å². The summed E-state index contributed by atoms with van der Waals surface area (Å²) in [6, 6.07) is 22.2. The molecule has 8 nitrogen and oxygen atoms in total.